The maximum Gasteiger partial charge on any atom is 0.263 e. The second kappa shape index (κ2) is 9.09. The van der Waals surface area contributed by atoms with Crippen LogP contribution in [0.1, 0.15) is 42.5 Å². The van der Waals surface area contributed by atoms with Gasteiger partial charge in [-0.3, -0.25) is 4.79 Å². The summed E-state index contributed by atoms with van der Waals surface area (Å²) in [4.78, 5) is 12.5. The predicted molar refractivity (Wildman–Crippen MR) is 110 cm³/mol. The van der Waals surface area contributed by atoms with Gasteiger partial charge in [0.1, 0.15) is 17.4 Å². The molecule has 0 fully saturated rings. The Kier molecular flexibility index (Phi) is 6.33. The Hall–Kier alpha value is -3.26. The average Bonchev–Trinajstić information content (AvgIpc) is 2.74. The summed E-state index contributed by atoms with van der Waals surface area (Å²) in [5.74, 6) is 0.231. The Bertz CT molecular complexity index is 928. The van der Waals surface area contributed by atoms with E-state index in [0.29, 0.717) is 11.4 Å². The highest BCUT2D eigenvalue weighted by atomic mass is 16.5. The Morgan fingerprint density at radius 1 is 1.18 bits per heavy atom. The van der Waals surface area contributed by atoms with E-state index in [1.165, 1.54) is 30.2 Å². The van der Waals surface area contributed by atoms with E-state index in [0.717, 1.165) is 18.4 Å². The topological polar surface area (TPSA) is 74.1 Å². The maximum absolute atomic E-state index is 12.5. The van der Waals surface area contributed by atoms with Gasteiger partial charge in [0, 0.05) is 6.20 Å². The number of hydrogen-bond donors (Lipinski definition) is 2. The van der Waals surface area contributed by atoms with Gasteiger partial charge in [-0.2, -0.15) is 5.26 Å². The fourth-order valence-electron chi connectivity index (χ4n) is 3.44. The lowest BCUT2D eigenvalue weighted by atomic mass is 9.89. The number of rotatable bonds is 6. The fraction of sp³-hybridized carbons (Fsp3) is 0.304. The molecule has 1 unspecified atom stereocenters. The first-order chi connectivity index (χ1) is 13.6. The summed E-state index contributed by atoms with van der Waals surface area (Å²) in [6, 6.07) is 15.5. The predicted octanol–water partition coefficient (Wildman–Crippen LogP) is 4.27. The minimum Gasteiger partial charge on any atom is -0.495 e. The lowest BCUT2D eigenvalue weighted by molar-refractivity contribution is -0.117. The first-order valence-electron chi connectivity index (χ1n) is 9.54. The van der Waals surface area contributed by atoms with Crippen LogP contribution in [0.4, 0.5) is 5.69 Å². The van der Waals surface area contributed by atoms with Gasteiger partial charge in [0.05, 0.1) is 18.8 Å². The third-order valence-corrected chi connectivity index (χ3v) is 5.06. The molecule has 5 nitrogen and oxygen atoms in total. The Labute approximate surface area is 166 Å². The second-order valence-electron chi connectivity index (χ2n) is 6.94. The number of methoxy groups -OCH3 is 1. The lowest BCUT2D eigenvalue weighted by Crippen LogP contribution is -2.28. The van der Waals surface area contributed by atoms with Crippen LogP contribution in [-0.4, -0.2) is 13.0 Å². The SMILES string of the molecule is COc1ccccc1N/C=C(/C#N)C(=O)NC(C)c1ccc2c(c1)CCCC2. The van der Waals surface area contributed by atoms with Crippen molar-refractivity contribution in [3.63, 3.8) is 0 Å². The normalized spacial score (nSPS) is 14.4. The van der Waals surface area contributed by atoms with E-state index >= 15 is 0 Å². The van der Waals surface area contributed by atoms with Crippen molar-refractivity contribution in [1.29, 1.82) is 5.26 Å². The van der Waals surface area contributed by atoms with Crippen molar-refractivity contribution in [3.8, 4) is 11.8 Å². The summed E-state index contributed by atoms with van der Waals surface area (Å²) >= 11 is 0. The molecule has 28 heavy (non-hydrogen) atoms. The number of amides is 1. The van der Waals surface area contributed by atoms with Crippen molar-refractivity contribution >= 4 is 11.6 Å². The number of nitriles is 1. The molecule has 0 spiro atoms. The summed E-state index contributed by atoms with van der Waals surface area (Å²) < 4.78 is 5.26. The van der Waals surface area contributed by atoms with E-state index in [9.17, 15) is 10.1 Å². The monoisotopic (exact) mass is 375 g/mol. The molecule has 2 N–H and O–H groups in total. The van der Waals surface area contributed by atoms with Gasteiger partial charge in [-0.05, 0) is 61.4 Å². The van der Waals surface area contributed by atoms with Gasteiger partial charge >= 0.3 is 0 Å². The molecule has 5 heteroatoms. The van der Waals surface area contributed by atoms with E-state index in [-0.39, 0.29) is 11.6 Å². The Morgan fingerprint density at radius 2 is 1.93 bits per heavy atom. The van der Waals surface area contributed by atoms with Gasteiger partial charge in [-0.25, -0.2) is 0 Å². The molecule has 2 aromatic carbocycles. The molecule has 2 aromatic rings. The second-order valence-corrected chi connectivity index (χ2v) is 6.94. The summed E-state index contributed by atoms with van der Waals surface area (Å²) in [5.41, 5.74) is 4.54. The molecule has 0 bridgehead atoms. The zero-order valence-corrected chi connectivity index (χ0v) is 16.3. The number of carbonyl (C=O) groups excluding carboxylic acids is 1. The highest BCUT2D eigenvalue weighted by Gasteiger charge is 2.16. The number of anilines is 1. The first-order valence-corrected chi connectivity index (χ1v) is 9.54. The van der Waals surface area contributed by atoms with Gasteiger partial charge in [0.15, 0.2) is 0 Å². The van der Waals surface area contributed by atoms with Gasteiger partial charge in [-0.1, -0.05) is 30.3 Å². The first kappa shape index (κ1) is 19.5. The highest BCUT2D eigenvalue weighted by Crippen LogP contribution is 2.25. The van der Waals surface area contributed by atoms with Crippen LogP contribution in [-0.2, 0) is 17.6 Å². The van der Waals surface area contributed by atoms with Crippen LogP contribution in [0.15, 0.2) is 54.2 Å². The minimum absolute atomic E-state index is 0.00992. The quantitative estimate of drug-likeness (QED) is 0.584. The number of ether oxygens (including phenoxy) is 1. The van der Waals surface area contributed by atoms with Crippen molar-refractivity contribution < 1.29 is 9.53 Å². The summed E-state index contributed by atoms with van der Waals surface area (Å²) in [6.45, 7) is 1.94. The third kappa shape index (κ3) is 4.52. The average molecular weight is 375 g/mol. The smallest absolute Gasteiger partial charge is 0.263 e. The highest BCUT2D eigenvalue weighted by molar-refractivity contribution is 5.97. The number of carbonyl (C=O) groups is 1. The molecular formula is C23H25N3O2. The molecule has 1 amide bonds. The number of benzene rings is 2. The molecule has 1 atom stereocenters. The molecule has 1 aliphatic rings. The van der Waals surface area contributed by atoms with Crippen molar-refractivity contribution in [2.45, 2.75) is 38.6 Å². The van der Waals surface area contributed by atoms with Crippen LogP contribution in [0, 0.1) is 11.3 Å². The van der Waals surface area contributed by atoms with Crippen molar-refractivity contribution in [2.24, 2.45) is 0 Å². The van der Waals surface area contributed by atoms with E-state index in [1.54, 1.807) is 13.2 Å². The zero-order valence-electron chi connectivity index (χ0n) is 16.3. The van der Waals surface area contributed by atoms with Crippen LogP contribution >= 0.6 is 0 Å². The molecule has 0 saturated carbocycles. The molecule has 3 rings (SSSR count). The maximum atomic E-state index is 12.5. The zero-order chi connectivity index (χ0) is 19.9. The number of nitrogens with one attached hydrogen (secondary N) is 2. The fourth-order valence-corrected chi connectivity index (χ4v) is 3.44. The molecule has 0 radical (unpaired) electrons. The molecule has 0 aliphatic heterocycles. The number of para-hydroxylation sites is 2. The molecule has 0 aromatic heterocycles. The van der Waals surface area contributed by atoms with Crippen molar-refractivity contribution in [2.75, 3.05) is 12.4 Å². The third-order valence-electron chi connectivity index (χ3n) is 5.06. The summed E-state index contributed by atoms with van der Waals surface area (Å²) in [5, 5.41) is 15.3. The number of nitrogens with zero attached hydrogens (tertiary/aromatic N) is 1. The lowest BCUT2D eigenvalue weighted by Gasteiger charge is -2.20. The van der Waals surface area contributed by atoms with E-state index < -0.39 is 5.91 Å². The van der Waals surface area contributed by atoms with E-state index in [1.807, 2.05) is 31.2 Å². The van der Waals surface area contributed by atoms with Crippen LogP contribution < -0.4 is 15.4 Å². The molecule has 1 aliphatic carbocycles. The van der Waals surface area contributed by atoms with Gasteiger partial charge in [0.2, 0.25) is 0 Å². The van der Waals surface area contributed by atoms with E-state index in [2.05, 4.69) is 28.8 Å². The van der Waals surface area contributed by atoms with Gasteiger partial charge in [-0.15, -0.1) is 0 Å². The number of aryl methyl sites for hydroxylation is 2. The van der Waals surface area contributed by atoms with Crippen molar-refractivity contribution in [1.82, 2.24) is 5.32 Å². The Balaban J connectivity index is 1.69. The van der Waals surface area contributed by atoms with Crippen molar-refractivity contribution in [3.05, 3.63) is 70.9 Å². The number of fused-ring (bicyclic) bond motifs is 1. The van der Waals surface area contributed by atoms with Gasteiger partial charge < -0.3 is 15.4 Å². The molecule has 0 saturated heterocycles. The van der Waals surface area contributed by atoms with Crippen LogP contribution in [0.3, 0.4) is 0 Å². The largest absolute Gasteiger partial charge is 0.495 e. The summed E-state index contributed by atoms with van der Waals surface area (Å²) in [6.07, 6.45) is 6.09. The van der Waals surface area contributed by atoms with Crippen LogP contribution in [0.2, 0.25) is 0 Å². The number of hydrogen-bond acceptors (Lipinski definition) is 4. The molecule has 144 valence electrons. The van der Waals surface area contributed by atoms with Gasteiger partial charge in [0.25, 0.3) is 5.91 Å². The minimum atomic E-state index is -0.407. The summed E-state index contributed by atoms with van der Waals surface area (Å²) in [7, 11) is 1.57. The molecule has 0 heterocycles. The Morgan fingerprint density at radius 3 is 2.68 bits per heavy atom. The van der Waals surface area contributed by atoms with Crippen LogP contribution in [0.25, 0.3) is 0 Å². The van der Waals surface area contributed by atoms with E-state index in [4.69, 9.17) is 4.74 Å². The standard InChI is InChI=1S/C23H25N3O2/c1-16(18-12-11-17-7-3-4-8-19(17)13-18)26-23(27)20(14-24)15-25-21-9-5-6-10-22(21)28-2/h5-6,9-13,15-16,25H,3-4,7-8H2,1-2H3,(H,26,27)/b20-15-. The molecular weight excluding hydrogens is 350 g/mol. The van der Waals surface area contributed by atoms with Crippen LogP contribution in [0.5, 0.6) is 5.75 Å².